The van der Waals surface area contributed by atoms with E-state index >= 15 is 0 Å². The highest BCUT2D eigenvalue weighted by Crippen LogP contribution is 1.93. The van der Waals surface area contributed by atoms with Crippen LogP contribution < -0.4 is 10.6 Å². The van der Waals surface area contributed by atoms with Crippen molar-refractivity contribution in [1.82, 2.24) is 15.5 Å². The molecule has 0 aromatic carbocycles. The van der Waals surface area contributed by atoms with Gasteiger partial charge in [0.1, 0.15) is 0 Å². The van der Waals surface area contributed by atoms with Gasteiger partial charge in [0.25, 0.3) is 0 Å². The summed E-state index contributed by atoms with van der Waals surface area (Å²) in [4.78, 5) is 12.9. The molecule has 1 heterocycles. The van der Waals surface area contributed by atoms with Crippen molar-refractivity contribution in [2.45, 2.75) is 0 Å². The summed E-state index contributed by atoms with van der Waals surface area (Å²) in [5, 5.41) is 5.94. The lowest BCUT2D eigenvalue weighted by Crippen LogP contribution is -2.35. The zero-order chi connectivity index (χ0) is 9.52. The lowest BCUT2D eigenvalue weighted by atomic mass is 10.5. The molecule has 0 radical (unpaired) electrons. The maximum Gasteiger partial charge on any atom is 0.317 e. The minimum atomic E-state index is 0.0496. The van der Waals surface area contributed by atoms with Gasteiger partial charge in [-0.15, -0.1) is 0 Å². The van der Waals surface area contributed by atoms with Gasteiger partial charge < -0.3 is 20.3 Å². The molecule has 2 amide bonds. The first-order valence-electron chi connectivity index (χ1n) is 4.57. The number of urea groups is 1. The third-order valence-electron chi connectivity index (χ3n) is 1.99. The quantitative estimate of drug-likeness (QED) is 0.538. The third kappa shape index (κ3) is 3.61. The van der Waals surface area contributed by atoms with Gasteiger partial charge in [-0.05, 0) is 0 Å². The Hall–Kier alpha value is -0.810. The summed E-state index contributed by atoms with van der Waals surface area (Å²) < 4.78 is 4.88. The summed E-state index contributed by atoms with van der Waals surface area (Å²) in [5.74, 6) is 0. The molecule has 0 unspecified atom stereocenters. The number of methoxy groups -OCH3 is 1. The van der Waals surface area contributed by atoms with Crippen molar-refractivity contribution in [3.63, 3.8) is 0 Å². The largest absolute Gasteiger partial charge is 0.383 e. The van der Waals surface area contributed by atoms with E-state index in [-0.39, 0.29) is 6.03 Å². The molecule has 2 N–H and O–H groups in total. The number of carbonyl (C=O) groups is 1. The van der Waals surface area contributed by atoms with Crippen LogP contribution in [-0.4, -0.2) is 57.4 Å². The fraction of sp³-hybridized carbons (Fsp3) is 0.875. The first-order chi connectivity index (χ1) is 6.34. The molecule has 5 heteroatoms. The van der Waals surface area contributed by atoms with Crippen LogP contribution in [0.25, 0.3) is 0 Å². The van der Waals surface area contributed by atoms with Crippen LogP contribution in [-0.2, 0) is 4.74 Å². The average Bonchev–Trinajstić information content (AvgIpc) is 2.52. The van der Waals surface area contributed by atoms with E-state index in [0.29, 0.717) is 6.61 Å². The minimum absolute atomic E-state index is 0.0496. The Kier molecular flexibility index (Phi) is 4.56. The molecule has 0 saturated carbocycles. The molecule has 1 fully saturated rings. The maximum atomic E-state index is 11.1. The van der Waals surface area contributed by atoms with E-state index in [1.54, 1.807) is 12.0 Å². The third-order valence-corrected chi connectivity index (χ3v) is 1.99. The Morgan fingerprint density at radius 2 is 2.46 bits per heavy atom. The van der Waals surface area contributed by atoms with Gasteiger partial charge in [0, 0.05) is 39.8 Å². The number of hydrogen-bond donors (Lipinski definition) is 2. The van der Waals surface area contributed by atoms with Gasteiger partial charge >= 0.3 is 6.03 Å². The zero-order valence-corrected chi connectivity index (χ0v) is 8.01. The van der Waals surface area contributed by atoms with Crippen LogP contribution >= 0.6 is 0 Å². The van der Waals surface area contributed by atoms with E-state index in [1.165, 1.54) is 0 Å². The maximum absolute atomic E-state index is 11.1. The van der Waals surface area contributed by atoms with Gasteiger partial charge in [0.2, 0.25) is 0 Å². The summed E-state index contributed by atoms with van der Waals surface area (Å²) in [5.41, 5.74) is 0. The first-order valence-corrected chi connectivity index (χ1v) is 4.57. The number of hydrogen-bond acceptors (Lipinski definition) is 3. The summed E-state index contributed by atoms with van der Waals surface area (Å²) in [6, 6.07) is 0.0496. The Morgan fingerprint density at radius 1 is 1.62 bits per heavy atom. The predicted molar refractivity (Wildman–Crippen MR) is 49.7 cm³/mol. The van der Waals surface area contributed by atoms with Crippen molar-refractivity contribution in [2.24, 2.45) is 0 Å². The molecule has 0 atom stereocenters. The molecule has 0 aliphatic carbocycles. The molecule has 0 aromatic heterocycles. The molecule has 1 rings (SSSR count). The molecule has 5 nitrogen and oxygen atoms in total. The van der Waals surface area contributed by atoms with Crippen LogP contribution in [0.3, 0.4) is 0 Å². The SMILES string of the molecule is COCCNCCN1CCNC1=O. The average molecular weight is 187 g/mol. The molecular formula is C8H17N3O2. The van der Waals surface area contributed by atoms with E-state index in [1.807, 2.05) is 0 Å². The Balaban J connectivity index is 1.96. The Labute approximate surface area is 78.4 Å². The van der Waals surface area contributed by atoms with Crippen molar-refractivity contribution < 1.29 is 9.53 Å². The van der Waals surface area contributed by atoms with Crippen LogP contribution in [0.5, 0.6) is 0 Å². The minimum Gasteiger partial charge on any atom is -0.383 e. The fourth-order valence-electron chi connectivity index (χ4n) is 1.24. The van der Waals surface area contributed by atoms with Crippen molar-refractivity contribution in [3.8, 4) is 0 Å². The van der Waals surface area contributed by atoms with E-state index in [9.17, 15) is 4.79 Å². The topological polar surface area (TPSA) is 53.6 Å². The summed E-state index contributed by atoms with van der Waals surface area (Å²) in [6.07, 6.45) is 0. The van der Waals surface area contributed by atoms with E-state index in [2.05, 4.69) is 10.6 Å². The monoisotopic (exact) mass is 187 g/mol. The zero-order valence-electron chi connectivity index (χ0n) is 8.01. The summed E-state index contributed by atoms with van der Waals surface area (Å²) >= 11 is 0. The highest BCUT2D eigenvalue weighted by Gasteiger charge is 2.17. The molecule has 76 valence electrons. The number of ether oxygens (including phenoxy) is 1. The standard InChI is InChI=1S/C8H17N3O2/c1-13-7-4-9-2-5-11-6-3-10-8(11)12/h9H,2-7H2,1H3,(H,10,12). The second-order valence-electron chi connectivity index (χ2n) is 2.96. The van der Waals surface area contributed by atoms with E-state index in [4.69, 9.17) is 4.74 Å². The van der Waals surface area contributed by atoms with Crippen molar-refractivity contribution in [3.05, 3.63) is 0 Å². The Morgan fingerprint density at radius 3 is 3.08 bits per heavy atom. The molecule has 0 bridgehead atoms. The highest BCUT2D eigenvalue weighted by molar-refractivity contribution is 5.76. The predicted octanol–water partition coefficient (Wildman–Crippen LogP) is -0.752. The normalized spacial score (nSPS) is 16.4. The van der Waals surface area contributed by atoms with Gasteiger partial charge in [-0.25, -0.2) is 4.79 Å². The highest BCUT2D eigenvalue weighted by atomic mass is 16.5. The lowest BCUT2D eigenvalue weighted by Gasteiger charge is -2.13. The van der Waals surface area contributed by atoms with Crippen molar-refractivity contribution in [1.29, 1.82) is 0 Å². The van der Waals surface area contributed by atoms with Gasteiger partial charge in [-0.2, -0.15) is 0 Å². The number of amides is 2. The lowest BCUT2D eigenvalue weighted by molar-refractivity contribution is 0.196. The van der Waals surface area contributed by atoms with Gasteiger partial charge in [-0.1, -0.05) is 0 Å². The smallest absolute Gasteiger partial charge is 0.317 e. The second kappa shape index (κ2) is 5.77. The van der Waals surface area contributed by atoms with Crippen LogP contribution in [0.2, 0.25) is 0 Å². The van der Waals surface area contributed by atoms with Gasteiger partial charge in [0.15, 0.2) is 0 Å². The van der Waals surface area contributed by atoms with Gasteiger partial charge in [0.05, 0.1) is 6.61 Å². The molecule has 13 heavy (non-hydrogen) atoms. The molecule has 1 aliphatic rings. The summed E-state index contributed by atoms with van der Waals surface area (Å²) in [7, 11) is 1.68. The number of rotatable bonds is 6. The van der Waals surface area contributed by atoms with E-state index < -0.39 is 0 Å². The molecule has 1 saturated heterocycles. The van der Waals surface area contributed by atoms with Gasteiger partial charge in [-0.3, -0.25) is 0 Å². The van der Waals surface area contributed by atoms with Crippen molar-refractivity contribution in [2.75, 3.05) is 46.4 Å². The first kappa shape index (κ1) is 10.3. The van der Waals surface area contributed by atoms with Crippen LogP contribution in [0, 0.1) is 0 Å². The van der Waals surface area contributed by atoms with Crippen LogP contribution in [0.1, 0.15) is 0 Å². The van der Waals surface area contributed by atoms with E-state index in [0.717, 1.165) is 32.7 Å². The van der Waals surface area contributed by atoms with Crippen molar-refractivity contribution >= 4 is 6.03 Å². The van der Waals surface area contributed by atoms with Crippen LogP contribution in [0.15, 0.2) is 0 Å². The number of nitrogens with zero attached hydrogens (tertiary/aromatic N) is 1. The number of carbonyl (C=O) groups excluding carboxylic acids is 1. The van der Waals surface area contributed by atoms with Crippen LogP contribution in [0.4, 0.5) is 4.79 Å². The molecular weight excluding hydrogens is 170 g/mol. The summed E-state index contributed by atoms with van der Waals surface area (Å²) in [6.45, 7) is 4.76. The second-order valence-corrected chi connectivity index (χ2v) is 2.96. The fourth-order valence-corrected chi connectivity index (χ4v) is 1.24. The molecule has 1 aliphatic heterocycles. The molecule has 0 aromatic rings. The Bertz CT molecular complexity index is 163. The molecule has 0 spiro atoms. The number of nitrogens with one attached hydrogen (secondary N) is 2.